The maximum atomic E-state index is 12.5. The molecule has 0 atom stereocenters. The highest BCUT2D eigenvalue weighted by Crippen LogP contribution is 2.17. The van der Waals surface area contributed by atoms with Crippen LogP contribution in [0, 0.1) is 19.8 Å². The van der Waals surface area contributed by atoms with Crippen molar-refractivity contribution in [3.8, 4) is 0 Å². The molecular formula is C18H24N2O. The normalized spacial score (nSPS) is 11.1. The summed E-state index contributed by atoms with van der Waals surface area (Å²) in [7, 11) is 1.92. The van der Waals surface area contributed by atoms with E-state index in [1.54, 1.807) is 0 Å². The third-order valence-electron chi connectivity index (χ3n) is 3.89. The minimum atomic E-state index is 0.166. The van der Waals surface area contributed by atoms with Gasteiger partial charge >= 0.3 is 0 Å². The molecule has 0 bridgehead atoms. The van der Waals surface area contributed by atoms with Crippen molar-refractivity contribution >= 4 is 5.78 Å². The zero-order valence-corrected chi connectivity index (χ0v) is 13.6. The van der Waals surface area contributed by atoms with Gasteiger partial charge in [-0.25, -0.2) is 0 Å². The van der Waals surface area contributed by atoms with E-state index in [9.17, 15) is 4.79 Å². The van der Waals surface area contributed by atoms with Gasteiger partial charge in [0.15, 0.2) is 5.78 Å². The van der Waals surface area contributed by atoms with Crippen molar-refractivity contribution in [3.05, 3.63) is 52.3 Å². The average Bonchev–Trinajstić information content (AvgIpc) is 2.65. The standard InChI is InChI=1S/C18H24N2O/c1-12(2)9-15-7-6-8-16(10-15)18(21)11-17-13(3)19-20(5)14(17)4/h6-8,10,12H,9,11H2,1-5H3. The van der Waals surface area contributed by atoms with E-state index in [-0.39, 0.29) is 5.78 Å². The zero-order chi connectivity index (χ0) is 15.6. The van der Waals surface area contributed by atoms with Crippen molar-refractivity contribution in [2.24, 2.45) is 13.0 Å². The number of carbonyl (C=O) groups excluding carboxylic acids is 1. The predicted octanol–water partition coefficient (Wildman–Crippen LogP) is 3.66. The van der Waals surface area contributed by atoms with Gasteiger partial charge in [0.25, 0.3) is 0 Å². The first-order valence-electron chi connectivity index (χ1n) is 7.49. The fourth-order valence-corrected chi connectivity index (χ4v) is 2.68. The summed E-state index contributed by atoms with van der Waals surface area (Å²) in [6, 6.07) is 8.02. The first-order valence-corrected chi connectivity index (χ1v) is 7.49. The van der Waals surface area contributed by atoms with Gasteiger partial charge in [-0.2, -0.15) is 5.10 Å². The highest BCUT2D eigenvalue weighted by molar-refractivity contribution is 5.97. The molecular weight excluding hydrogens is 260 g/mol. The van der Waals surface area contributed by atoms with Crippen LogP contribution in [0.15, 0.2) is 24.3 Å². The lowest BCUT2D eigenvalue weighted by Crippen LogP contribution is -2.06. The molecule has 1 heterocycles. The van der Waals surface area contributed by atoms with Crippen molar-refractivity contribution in [1.29, 1.82) is 0 Å². The highest BCUT2D eigenvalue weighted by atomic mass is 16.1. The smallest absolute Gasteiger partial charge is 0.167 e. The summed E-state index contributed by atoms with van der Waals surface area (Å²) in [6.45, 7) is 8.36. The second kappa shape index (κ2) is 6.25. The van der Waals surface area contributed by atoms with Gasteiger partial charge in [-0.3, -0.25) is 9.48 Å². The third kappa shape index (κ3) is 3.60. The van der Waals surface area contributed by atoms with Crippen LogP contribution in [0.25, 0.3) is 0 Å². The van der Waals surface area contributed by atoms with Crippen LogP contribution in [-0.2, 0) is 19.9 Å². The molecule has 2 rings (SSSR count). The van der Waals surface area contributed by atoms with Gasteiger partial charge in [0, 0.05) is 30.3 Å². The van der Waals surface area contributed by atoms with E-state index in [1.807, 2.05) is 43.8 Å². The molecule has 0 fully saturated rings. The fourth-order valence-electron chi connectivity index (χ4n) is 2.68. The summed E-state index contributed by atoms with van der Waals surface area (Å²) in [6.07, 6.45) is 1.43. The van der Waals surface area contributed by atoms with Crippen LogP contribution in [-0.4, -0.2) is 15.6 Å². The molecule has 0 N–H and O–H groups in total. The van der Waals surface area contributed by atoms with E-state index < -0.39 is 0 Å². The van der Waals surface area contributed by atoms with Crippen molar-refractivity contribution < 1.29 is 4.79 Å². The molecule has 0 unspecified atom stereocenters. The average molecular weight is 284 g/mol. The summed E-state index contributed by atoms with van der Waals surface area (Å²) in [4.78, 5) is 12.5. The molecule has 3 nitrogen and oxygen atoms in total. The molecule has 21 heavy (non-hydrogen) atoms. The third-order valence-corrected chi connectivity index (χ3v) is 3.89. The van der Waals surface area contributed by atoms with Crippen molar-refractivity contribution in [2.75, 3.05) is 0 Å². The van der Waals surface area contributed by atoms with Crippen LogP contribution >= 0.6 is 0 Å². The molecule has 0 aliphatic heterocycles. The molecule has 0 saturated carbocycles. The van der Waals surface area contributed by atoms with Crippen molar-refractivity contribution in [1.82, 2.24) is 9.78 Å². The van der Waals surface area contributed by atoms with Crippen LogP contribution in [0.4, 0.5) is 0 Å². The molecule has 1 aromatic carbocycles. The van der Waals surface area contributed by atoms with E-state index in [0.29, 0.717) is 12.3 Å². The van der Waals surface area contributed by atoms with E-state index in [2.05, 4.69) is 25.0 Å². The Hall–Kier alpha value is -1.90. The maximum absolute atomic E-state index is 12.5. The van der Waals surface area contributed by atoms with Gasteiger partial charge in [-0.15, -0.1) is 0 Å². The van der Waals surface area contributed by atoms with Crippen LogP contribution in [0.1, 0.15) is 46.7 Å². The minimum Gasteiger partial charge on any atom is -0.294 e. The minimum absolute atomic E-state index is 0.166. The second-order valence-electron chi connectivity index (χ2n) is 6.17. The quantitative estimate of drug-likeness (QED) is 0.785. The number of Topliss-reactive ketones (excluding diaryl/α,β-unsaturated/α-hetero) is 1. The molecule has 0 radical (unpaired) electrons. The zero-order valence-electron chi connectivity index (χ0n) is 13.6. The Kier molecular flexibility index (Phi) is 4.61. The lowest BCUT2D eigenvalue weighted by atomic mass is 9.97. The molecule has 0 aliphatic rings. The molecule has 1 aromatic heterocycles. The predicted molar refractivity (Wildman–Crippen MR) is 85.7 cm³/mol. The molecule has 0 aliphatic carbocycles. The SMILES string of the molecule is Cc1nn(C)c(C)c1CC(=O)c1cccc(CC(C)C)c1. The number of ketones is 1. The van der Waals surface area contributed by atoms with Crippen LogP contribution in [0.3, 0.4) is 0 Å². The summed E-state index contributed by atoms with van der Waals surface area (Å²) in [5.74, 6) is 0.762. The monoisotopic (exact) mass is 284 g/mol. The van der Waals surface area contributed by atoms with Crippen LogP contribution in [0.2, 0.25) is 0 Å². The summed E-state index contributed by atoms with van der Waals surface area (Å²) in [5.41, 5.74) is 5.10. The molecule has 0 saturated heterocycles. The number of carbonyl (C=O) groups is 1. The van der Waals surface area contributed by atoms with E-state index >= 15 is 0 Å². The largest absolute Gasteiger partial charge is 0.294 e. The topological polar surface area (TPSA) is 34.9 Å². The second-order valence-corrected chi connectivity index (χ2v) is 6.17. The molecule has 0 amide bonds. The van der Waals surface area contributed by atoms with Crippen molar-refractivity contribution in [2.45, 2.75) is 40.5 Å². The molecule has 112 valence electrons. The number of nitrogens with zero attached hydrogens (tertiary/aromatic N) is 2. The Labute approximate surface area is 127 Å². The summed E-state index contributed by atoms with van der Waals surface area (Å²) < 4.78 is 1.84. The molecule has 2 aromatic rings. The number of hydrogen-bond donors (Lipinski definition) is 0. The summed E-state index contributed by atoms with van der Waals surface area (Å²) in [5, 5.41) is 4.38. The van der Waals surface area contributed by atoms with Gasteiger partial charge in [0.05, 0.1) is 5.69 Å². The van der Waals surface area contributed by atoms with E-state index in [0.717, 1.165) is 28.9 Å². The first kappa shape index (κ1) is 15.5. The van der Waals surface area contributed by atoms with E-state index in [1.165, 1.54) is 5.56 Å². The van der Waals surface area contributed by atoms with Gasteiger partial charge < -0.3 is 0 Å². The fraction of sp³-hybridized carbons (Fsp3) is 0.444. The Morgan fingerprint density at radius 3 is 2.57 bits per heavy atom. The molecule has 3 heteroatoms. The Balaban J connectivity index is 2.20. The lowest BCUT2D eigenvalue weighted by Gasteiger charge is -2.07. The number of hydrogen-bond acceptors (Lipinski definition) is 2. The first-order chi connectivity index (χ1) is 9.88. The number of benzene rings is 1. The van der Waals surface area contributed by atoms with Crippen LogP contribution < -0.4 is 0 Å². The summed E-state index contributed by atoms with van der Waals surface area (Å²) >= 11 is 0. The van der Waals surface area contributed by atoms with E-state index in [4.69, 9.17) is 0 Å². The van der Waals surface area contributed by atoms with Gasteiger partial charge in [-0.05, 0) is 37.8 Å². The van der Waals surface area contributed by atoms with Gasteiger partial charge in [0.2, 0.25) is 0 Å². The Morgan fingerprint density at radius 1 is 1.29 bits per heavy atom. The Bertz CT molecular complexity index is 653. The molecule has 0 spiro atoms. The maximum Gasteiger partial charge on any atom is 0.167 e. The Morgan fingerprint density at radius 2 is 2.00 bits per heavy atom. The van der Waals surface area contributed by atoms with Crippen molar-refractivity contribution in [3.63, 3.8) is 0 Å². The number of aryl methyl sites for hydroxylation is 2. The van der Waals surface area contributed by atoms with Gasteiger partial charge in [-0.1, -0.05) is 32.0 Å². The highest BCUT2D eigenvalue weighted by Gasteiger charge is 2.15. The van der Waals surface area contributed by atoms with Crippen LogP contribution in [0.5, 0.6) is 0 Å². The number of rotatable bonds is 5. The lowest BCUT2D eigenvalue weighted by molar-refractivity contribution is 0.0992. The van der Waals surface area contributed by atoms with Gasteiger partial charge in [0.1, 0.15) is 0 Å². The number of aromatic nitrogens is 2.